The number of hydrogen-bond donors (Lipinski definition) is 0. The van der Waals surface area contributed by atoms with Gasteiger partial charge in [0.1, 0.15) is 34.1 Å². The highest BCUT2D eigenvalue weighted by Crippen LogP contribution is 2.31. The number of halogens is 2. The van der Waals surface area contributed by atoms with Crippen LogP contribution in [0.2, 0.25) is 0 Å². The Hall–Kier alpha value is -3.21. The summed E-state index contributed by atoms with van der Waals surface area (Å²) in [7, 11) is 0. The molecule has 0 saturated heterocycles. The van der Waals surface area contributed by atoms with Gasteiger partial charge in [0.15, 0.2) is 0 Å². The molecule has 4 rings (SSSR count). The minimum atomic E-state index is -1.09. The SMILES string of the molecule is O=C(Oc1ccc2oc3ccccc3c2c1)c1c(F)cccc1F. The van der Waals surface area contributed by atoms with Crippen LogP contribution in [0.25, 0.3) is 21.9 Å². The van der Waals surface area contributed by atoms with Crippen molar-refractivity contribution in [3.63, 3.8) is 0 Å². The normalized spacial score (nSPS) is 11.1. The molecule has 4 aromatic rings. The molecule has 0 radical (unpaired) electrons. The predicted molar refractivity (Wildman–Crippen MR) is 85.0 cm³/mol. The lowest BCUT2D eigenvalue weighted by molar-refractivity contribution is 0.0725. The van der Waals surface area contributed by atoms with Crippen molar-refractivity contribution in [2.45, 2.75) is 0 Å². The summed E-state index contributed by atoms with van der Waals surface area (Å²) in [5, 5.41) is 1.62. The predicted octanol–water partition coefficient (Wildman–Crippen LogP) is 5.08. The third-order valence-electron chi connectivity index (χ3n) is 3.73. The van der Waals surface area contributed by atoms with Crippen LogP contribution < -0.4 is 4.74 Å². The summed E-state index contributed by atoms with van der Waals surface area (Å²) >= 11 is 0. The van der Waals surface area contributed by atoms with Crippen molar-refractivity contribution in [3.8, 4) is 5.75 Å². The number of fused-ring (bicyclic) bond motifs is 3. The average molecular weight is 324 g/mol. The molecule has 0 fully saturated rings. The molecule has 3 aromatic carbocycles. The Morgan fingerprint density at radius 1 is 0.833 bits per heavy atom. The number of esters is 1. The maximum Gasteiger partial charge on any atom is 0.349 e. The van der Waals surface area contributed by atoms with Gasteiger partial charge in [-0.25, -0.2) is 13.6 Å². The van der Waals surface area contributed by atoms with Gasteiger partial charge in [0.2, 0.25) is 0 Å². The first kappa shape index (κ1) is 14.4. The Labute approximate surface area is 135 Å². The number of furan rings is 1. The van der Waals surface area contributed by atoms with E-state index >= 15 is 0 Å². The Bertz CT molecular complexity index is 1060. The van der Waals surface area contributed by atoms with Crippen molar-refractivity contribution in [3.05, 3.63) is 77.9 Å². The van der Waals surface area contributed by atoms with Crippen LogP contribution in [-0.4, -0.2) is 5.97 Å². The van der Waals surface area contributed by atoms with Crippen LogP contribution in [-0.2, 0) is 0 Å². The molecule has 0 saturated carbocycles. The van der Waals surface area contributed by atoms with Crippen LogP contribution in [0.15, 0.2) is 65.1 Å². The minimum Gasteiger partial charge on any atom is -0.456 e. The molecule has 3 nitrogen and oxygen atoms in total. The summed E-state index contributed by atoms with van der Waals surface area (Å²) in [6.45, 7) is 0. The number of carbonyl (C=O) groups is 1. The van der Waals surface area contributed by atoms with Crippen LogP contribution in [0.5, 0.6) is 5.75 Å². The highest BCUT2D eigenvalue weighted by atomic mass is 19.1. The van der Waals surface area contributed by atoms with Gasteiger partial charge < -0.3 is 9.15 Å². The van der Waals surface area contributed by atoms with Gasteiger partial charge in [-0.05, 0) is 36.4 Å². The first-order valence-electron chi connectivity index (χ1n) is 7.21. The van der Waals surface area contributed by atoms with Crippen LogP contribution in [0.1, 0.15) is 10.4 Å². The van der Waals surface area contributed by atoms with Crippen molar-refractivity contribution in [2.75, 3.05) is 0 Å². The zero-order valence-electron chi connectivity index (χ0n) is 12.3. The van der Waals surface area contributed by atoms with Gasteiger partial charge in [-0.15, -0.1) is 0 Å². The molecule has 0 bridgehead atoms. The van der Waals surface area contributed by atoms with Gasteiger partial charge in [0.25, 0.3) is 0 Å². The van der Waals surface area contributed by atoms with Gasteiger partial charge >= 0.3 is 5.97 Å². The van der Waals surface area contributed by atoms with Gasteiger partial charge in [0.05, 0.1) is 0 Å². The molecular formula is C19H10F2O3. The maximum atomic E-state index is 13.7. The molecule has 0 aliphatic heterocycles. The van der Waals surface area contributed by atoms with E-state index in [2.05, 4.69) is 0 Å². The maximum absolute atomic E-state index is 13.7. The highest BCUT2D eigenvalue weighted by molar-refractivity contribution is 6.05. The number of benzene rings is 3. The third-order valence-corrected chi connectivity index (χ3v) is 3.73. The Morgan fingerprint density at radius 2 is 1.54 bits per heavy atom. The Morgan fingerprint density at radius 3 is 2.33 bits per heavy atom. The summed E-state index contributed by atoms with van der Waals surface area (Å²) in [5.74, 6) is -2.83. The molecule has 0 N–H and O–H groups in total. The molecule has 0 unspecified atom stereocenters. The molecule has 118 valence electrons. The van der Waals surface area contributed by atoms with Gasteiger partial charge in [-0.2, -0.15) is 0 Å². The first-order chi connectivity index (χ1) is 11.6. The number of hydrogen-bond acceptors (Lipinski definition) is 3. The molecule has 1 heterocycles. The fraction of sp³-hybridized carbons (Fsp3) is 0. The molecule has 0 spiro atoms. The van der Waals surface area contributed by atoms with Crippen LogP contribution >= 0.6 is 0 Å². The van der Waals surface area contributed by atoms with Crippen molar-refractivity contribution in [1.29, 1.82) is 0 Å². The second-order valence-corrected chi connectivity index (χ2v) is 5.24. The zero-order chi connectivity index (χ0) is 16.7. The summed E-state index contributed by atoms with van der Waals surface area (Å²) in [6.07, 6.45) is 0. The van der Waals surface area contributed by atoms with E-state index in [1.54, 1.807) is 12.1 Å². The number of carbonyl (C=O) groups excluding carboxylic acids is 1. The first-order valence-corrected chi connectivity index (χ1v) is 7.21. The quantitative estimate of drug-likeness (QED) is 0.381. The molecular weight excluding hydrogens is 314 g/mol. The van der Waals surface area contributed by atoms with Crippen molar-refractivity contribution in [2.24, 2.45) is 0 Å². The van der Waals surface area contributed by atoms with E-state index in [-0.39, 0.29) is 5.75 Å². The number of para-hydroxylation sites is 1. The van der Waals surface area contributed by atoms with E-state index in [4.69, 9.17) is 9.15 Å². The molecule has 5 heteroatoms. The van der Waals surface area contributed by atoms with Gasteiger partial charge in [0, 0.05) is 10.8 Å². The molecule has 0 amide bonds. The summed E-state index contributed by atoms with van der Waals surface area (Å²) in [5.41, 5.74) is 0.624. The van der Waals surface area contributed by atoms with E-state index in [1.165, 1.54) is 12.1 Å². The lowest BCUT2D eigenvalue weighted by Gasteiger charge is -2.06. The van der Waals surface area contributed by atoms with E-state index in [9.17, 15) is 13.6 Å². The third kappa shape index (κ3) is 2.31. The van der Waals surface area contributed by atoms with E-state index in [0.29, 0.717) is 11.2 Å². The zero-order valence-corrected chi connectivity index (χ0v) is 12.3. The summed E-state index contributed by atoms with van der Waals surface area (Å²) in [6, 6.07) is 15.4. The lowest BCUT2D eigenvalue weighted by atomic mass is 10.1. The fourth-order valence-corrected chi connectivity index (χ4v) is 2.62. The van der Waals surface area contributed by atoms with Crippen molar-refractivity contribution >= 4 is 27.9 Å². The topological polar surface area (TPSA) is 39.4 Å². The summed E-state index contributed by atoms with van der Waals surface area (Å²) < 4.78 is 38.1. The molecule has 0 atom stereocenters. The monoisotopic (exact) mass is 324 g/mol. The standard InChI is InChI=1S/C19H10F2O3/c20-14-5-3-6-15(21)18(14)19(22)23-11-8-9-17-13(10-11)12-4-1-2-7-16(12)24-17/h1-10H. The second-order valence-electron chi connectivity index (χ2n) is 5.24. The molecule has 1 aromatic heterocycles. The van der Waals surface area contributed by atoms with Gasteiger partial charge in [-0.1, -0.05) is 24.3 Å². The highest BCUT2D eigenvalue weighted by Gasteiger charge is 2.19. The number of ether oxygens (including phenoxy) is 1. The Balaban J connectivity index is 1.74. The second kappa shape index (κ2) is 5.45. The minimum absolute atomic E-state index is 0.182. The van der Waals surface area contributed by atoms with Gasteiger partial charge in [-0.3, -0.25) is 0 Å². The van der Waals surface area contributed by atoms with Crippen LogP contribution in [0, 0.1) is 11.6 Å². The largest absolute Gasteiger partial charge is 0.456 e. The average Bonchev–Trinajstić information content (AvgIpc) is 2.93. The van der Waals surface area contributed by atoms with E-state index < -0.39 is 23.2 Å². The Kier molecular flexibility index (Phi) is 3.27. The summed E-state index contributed by atoms with van der Waals surface area (Å²) in [4.78, 5) is 12.1. The van der Waals surface area contributed by atoms with Crippen molar-refractivity contribution < 1.29 is 22.7 Å². The van der Waals surface area contributed by atoms with Crippen LogP contribution in [0.3, 0.4) is 0 Å². The smallest absolute Gasteiger partial charge is 0.349 e. The fourth-order valence-electron chi connectivity index (χ4n) is 2.62. The molecule has 0 aliphatic carbocycles. The lowest BCUT2D eigenvalue weighted by Crippen LogP contribution is -2.13. The van der Waals surface area contributed by atoms with E-state index in [0.717, 1.165) is 22.9 Å². The van der Waals surface area contributed by atoms with Crippen molar-refractivity contribution in [1.82, 2.24) is 0 Å². The number of rotatable bonds is 2. The van der Waals surface area contributed by atoms with E-state index in [1.807, 2.05) is 24.3 Å². The van der Waals surface area contributed by atoms with Crippen LogP contribution in [0.4, 0.5) is 8.78 Å². The molecule has 0 aliphatic rings. The molecule has 24 heavy (non-hydrogen) atoms.